The van der Waals surface area contributed by atoms with Gasteiger partial charge in [0.25, 0.3) is 0 Å². The third-order valence-corrected chi connectivity index (χ3v) is 3.54. The average Bonchev–Trinajstić information content (AvgIpc) is 3.05. The molecule has 0 unspecified atom stereocenters. The third-order valence-electron chi connectivity index (χ3n) is 3.54. The molecule has 0 amide bonds. The molecule has 21 heavy (non-hydrogen) atoms. The molecule has 100 valence electrons. The summed E-state index contributed by atoms with van der Waals surface area (Å²) in [6.45, 7) is 0. The Labute approximate surface area is 122 Å². The van der Waals surface area contributed by atoms with Crippen LogP contribution in [0.3, 0.4) is 0 Å². The lowest BCUT2D eigenvalue weighted by molar-refractivity contribution is 1.07. The molecule has 0 aliphatic heterocycles. The molecule has 0 saturated heterocycles. The van der Waals surface area contributed by atoms with Gasteiger partial charge in [0.1, 0.15) is 5.82 Å². The predicted octanol–water partition coefficient (Wildman–Crippen LogP) is 4.09. The van der Waals surface area contributed by atoms with E-state index in [9.17, 15) is 0 Å². The Bertz CT molecular complexity index is 894. The van der Waals surface area contributed by atoms with Crippen molar-refractivity contribution in [2.24, 2.45) is 0 Å². The van der Waals surface area contributed by atoms with Crippen molar-refractivity contribution in [1.82, 2.24) is 14.5 Å². The fraction of sp³-hybridized carbons (Fsp3) is 0. The van der Waals surface area contributed by atoms with E-state index in [-0.39, 0.29) is 0 Å². The van der Waals surface area contributed by atoms with E-state index in [1.54, 1.807) is 0 Å². The highest BCUT2D eigenvalue weighted by molar-refractivity contribution is 5.80. The van der Waals surface area contributed by atoms with Crippen molar-refractivity contribution in [3.63, 3.8) is 0 Å². The number of aromatic nitrogens is 3. The Balaban J connectivity index is 1.88. The van der Waals surface area contributed by atoms with Crippen molar-refractivity contribution in [3.8, 4) is 17.1 Å². The standard InChI is InChI=1S/C18H13N3/c1-2-5-14(6-3-1)18-20-11-12-21(18)16-8-9-17-15(13-16)7-4-10-19-17/h1-13H. The maximum Gasteiger partial charge on any atom is 0.144 e. The lowest BCUT2D eigenvalue weighted by Gasteiger charge is -2.09. The number of fused-ring (bicyclic) bond motifs is 1. The van der Waals surface area contributed by atoms with Gasteiger partial charge >= 0.3 is 0 Å². The van der Waals surface area contributed by atoms with Gasteiger partial charge in [-0.1, -0.05) is 36.4 Å². The second-order valence-electron chi connectivity index (χ2n) is 4.87. The number of rotatable bonds is 2. The monoisotopic (exact) mass is 271 g/mol. The van der Waals surface area contributed by atoms with Crippen LogP contribution in [0.1, 0.15) is 0 Å². The Morgan fingerprint density at radius 1 is 0.762 bits per heavy atom. The summed E-state index contributed by atoms with van der Waals surface area (Å²) in [5, 5.41) is 1.13. The molecule has 0 N–H and O–H groups in total. The van der Waals surface area contributed by atoms with E-state index in [1.165, 1.54) is 0 Å². The molecule has 4 rings (SSSR count). The second kappa shape index (κ2) is 4.87. The molecule has 0 atom stereocenters. The highest BCUT2D eigenvalue weighted by Crippen LogP contribution is 2.23. The summed E-state index contributed by atoms with van der Waals surface area (Å²) in [5.41, 5.74) is 3.20. The summed E-state index contributed by atoms with van der Waals surface area (Å²) in [6.07, 6.45) is 5.63. The van der Waals surface area contributed by atoms with E-state index >= 15 is 0 Å². The summed E-state index contributed by atoms with van der Waals surface area (Å²) in [6, 6.07) is 20.5. The van der Waals surface area contributed by atoms with Crippen LogP contribution in [-0.4, -0.2) is 14.5 Å². The van der Waals surface area contributed by atoms with Gasteiger partial charge in [-0.15, -0.1) is 0 Å². The fourth-order valence-corrected chi connectivity index (χ4v) is 2.53. The molecule has 4 aromatic rings. The Kier molecular flexibility index (Phi) is 2.75. The Morgan fingerprint density at radius 3 is 2.57 bits per heavy atom. The smallest absolute Gasteiger partial charge is 0.144 e. The highest BCUT2D eigenvalue weighted by Gasteiger charge is 2.07. The molecule has 0 fully saturated rings. The first-order valence-corrected chi connectivity index (χ1v) is 6.86. The molecule has 3 nitrogen and oxygen atoms in total. The van der Waals surface area contributed by atoms with Crippen molar-refractivity contribution in [1.29, 1.82) is 0 Å². The normalized spacial score (nSPS) is 10.9. The predicted molar refractivity (Wildman–Crippen MR) is 84.3 cm³/mol. The summed E-state index contributed by atoms with van der Waals surface area (Å²) in [4.78, 5) is 8.85. The van der Waals surface area contributed by atoms with E-state index in [4.69, 9.17) is 0 Å². The number of pyridine rings is 1. The van der Waals surface area contributed by atoms with E-state index < -0.39 is 0 Å². The average molecular weight is 271 g/mol. The molecule has 0 aliphatic rings. The molecule has 2 aromatic heterocycles. The number of hydrogen-bond donors (Lipinski definition) is 0. The van der Waals surface area contributed by atoms with Crippen molar-refractivity contribution in [2.75, 3.05) is 0 Å². The summed E-state index contributed by atoms with van der Waals surface area (Å²) < 4.78 is 2.10. The highest BCUT2D eigenvalue weighted by atomic mass is 15.1. The van der Waals surface area contributed by atoms with E-state index in [0.29, 0.717) is 0 Å². The van der Waals surface area contributed by atoms with E-state index in [0.717, 1.165) is 28.0 Å². The summed E-state index contributed by atoms with van der Waals surface area (Å²) in [7, 11) is 0. The van der Waals surface area contributed by atoms with Crippen LogP contribution < -0.4 is 0 Å². The minimum atomic E-state index is 0.943. The van der Waals surface area contributed by atoms with E-state index in [2.05, 4.69) is 44.9 Å². The van der Waals surface area contributed by atoms with E-state index in [1.807, 2.05) is 48.9 Å². The number of benzene rings is 2. The van der Waals surface area contributed by atoms with Gasteiger partial charge in [0.05, 0.1) is 5.52 Å². The molecular weight excluding hydrogens is 258 g/mol. The molecule has 3 heteroatoms. The van der Waals surface area contributed by atoms with Gasteiger partial charge in [0.2, 0.25) is 0 Å². The number of hydrogen-bond acceptors (Lipinski definition) is 2. The van der Waals surface area contributed by atoms with Crippen LogP contribution in [0.15, 0.2) is 79.3 Å². The second-order valence-corrected chi connectivity index (χ2v) is 4.87. The zero-order valence-corrected chi connectivity index (χ0v) is 11.3. The molecule has 0 saturated carbocycles. The lowest BCUT2D eigenvalue weighted by atomic mass is 10.2. The molecule has 0 aliphatic carbocycles. The van der Waals surface area contributed by atoms with Crippen molar-refractivity contribution in [2.45, 2.75) is 0 Å². The van der Waals surface area contributed by atoms with Crippen LogP contribution in [0.2, 0.25) is 0 Å². The van der Waals surface area contributed by atoms with Crippen molar-refractivity contribution < 1.29 is 0 Å². The number of nitrogens with zero attached hydrogens (tertiary/aromatic N) is 3. The topological polar surface area (TPSA) is 30.7 Å². The number of imidazole rings is 1. The Hall–Kier alpha value is -2.94. The largest absolute Gasteiger partial charge is 0.300 e. The molecular formula is C18H13N3. The first kappa shape index (κ1) is 11.9. The zero-order valence-electron chi connectivity index (χ0n) is 11.3. The van der Waals surface area contributed by atoms with Crippen LogP contribution in [0, 0.1) is 0 Å². The van der Waals surface area contributed by atoms with Gasteiger partial charge < -0.3 is 0 Å². The SMILES string of the molecule is c1ccc(-c2nccn2-c2ccc3ncccc3c2)cc1. The molecule has 0 bridgehead atoms. The van der Waals surface area contributed by atoms with Gasteiger partial charge in [-0.3, -0.25) is 9.55 Å². The summed E-state index contributed by atoms with van der Waals surface area (Å²) >= 11 is 0. The van der Waals surface area contributed by atoms with Crippen LogP contribution >= 0.6 is 0 Å². The van der Waals surface area contributed by atoms with Gasteiger partial charge in [-0.25, -0.2) is 4.98 Å². The maximum absolute atomic E-state index is 4.49. The van der Waals surface area contributed by atoms with Crippen LogP contribution in [0.25, 0.3) is 28.0 Å². The van der Waals surface area contributed by atoms with Crippen molar-refractivity contribution in [3.05, 3.63) is 79.3 Å². The van der Waals surface area contributed by atoms with Crippen molar-refractivity contribution >= 4 is 10.9 Å². The quantitative estimate of drug-likeness (QED) is 0.550. The lowest BCUT2D eigenvalue weighted by Crippen LogP contribution is -1.96. The third kappa shape index (κ3) is 2.09. The van der Waals surface area contributed by atoms with Gasteiger partial charge in [-0.05, 0) is 24.3 Å². The van der Waals surface area contributed by atoms with Gasteiger partial charge in [-0.2, -0.15) is 0 Å². The van der Waals surface area contributed by atoms with Gasteiger partial charge in [0.15, 0.2) is 0 Å². The fourth-order valence-electron chi connectivity index (χ4n) is 2.53. The molecule has 2 heterocycles. The van der Waals surface area contributed by atoms with Crippen LogP contribution in [-0.2, 0) is 0 Å². The minimum Gasteiger partial charge on any atom is -0.300 e. The first-order valence-electron chi connectivity index (χ1n) is 6.86. The molecule has 0 spiro atoms. The van der Waals surface area contributed by atoms with Crippen LogP contribution in [0.4, 0.5) is 0 Å². The van der Waals surface area contributed by atoms with Crippen LogP contribution in [0.5, 0.6) is 0 Å². The first-order chi connectivity index (χ1) is 10.4. The van der Waals surface area contributed by atoms with Gasteiger partial charge in [0, 0.05) is 35.2 Å². The minimum absolute atomic E-state index is 0.943. The summed E-state index contributed by atoms with van der Waals surface area (Å²) in [5.74, 6) is 0.943. The molecule has 0 radical (unpaired) electrons. The maximum atomic E-state index is 4.49. The Morgan fingerprint density at radius 2 is 1.67 bits per heavy atom. The zero-order chi connectivity index (χ0) is 14.1. The molecule has 2 aromatic carbocycles.